The van der Waals surface area contributed by atoms with E-state index in [-0.39, 0.29) is 5.97 Å². The molecule has 0 amide bonds. The van der Waals surface area contributed by atoms with Gasteiger partial charge in [-0.05, 0) is 19.1 Å². The van der Waals surface area contributed by atoms with Crippen molar-refractivity contribution in [3.63, 3.8) is 0 Å². The lowest BCUT2D eigenvalue weighted by molar-refractivity contribution is -0.141. The standard InChI is InChI=1S/C13H15N3O2/c1-8(13(17)18-2)16-11-6-7-15-12-9(11)4-3-5-10(12)14/h3-8H,14H2,1-2H3,(H,15,16). The molecule has 0 aliphatic carbocycles. The normalized spacial score (nSPS) is 12.1. The number of methoxy groups -OCH3 is 1. The average molecular weight is 245 g/mol. The number of nitrogens with two attached hydrogens (primary N) is 1. The van der Waals surface area contributed by atoms with Crippen LogP contribution < -0.4 is 11.1 Å². The van der Waals surface area contributed by atoms with E-state index >= 15 is 0 Å². The number of nitrogen functional groups attached to an aromatic ring is 1. The number of hydrogen-bond acceptors (Lipinski definition) is 5. The van der Waals surface area contributed by atoms with E-state index in [0.29, 0.717) is 5.69 Å². The van der Waals surface area contributed by atoms with Crippen LogP contribution in [0.2, 0.25) is 0 Å². The first-order valence-corrected chi connectivity index (χ1v) is 5.61. The minimum Gasteiger partial charge on any atom is -0.467 e. The molecule has 0 saturated heterocycles. The van der Waals surface area contributed by atoms with Crippen LogP contribution >= 0.6 is 0 Å². The van der Waals surface area contributed by atoms with Crippen LogP contribution in [-0.2, 0) is 9.53 Å². The van der Waals surface area contributed by atoms with Crippen molar-refractivity contribution < 1.29 is 9.53 Å². The molecular weight excluding hydrogens is 230 g/mol. The summed E-state index contributed by atoms with van der Waals surface area (Å²) in [7, 11) is 1.36. The van der Waals surface area contributed by atoms with Gasteiger partial charge in [0.2, 0.25) is 0 Å². The Balaban J connectivity index is 2.40. The lowest BCUT2D eigenvalue weighted by atomic mass is 10.1. The molecule has 3 N–H and O–H groups in total. The van der Waals surface area contributed by atoms with E-state index in [4.69, 9.17) is 5.73 Å². The number of benzene rings is 1. The van der Waals surface area contributed by atoms with Crippen LogP contribution in [0.25, 0.3) is 10.9 Å². The van der Waals surface area contributed by atoms with Gasteiger partial charge in [0.1, 0.15) is 6.04 Å². The Labute approximate surface area is 105 Å². The molecule has 0 aliphatic rings. The van der Waals surface area contributed by atoms with E-state index in [1.807, 2.05) is 12.1 Å². The highest BCUT2D eigenvalue weighted by molar-refractivity contribution is 5.98. The largest absolute Gasteiger partial charge is 0.467 e. The maximum Gasteiger partial charge on any atom is 0.327 e. The van der Waals surface area contributed by atoms with Gasteiger partial charge in [-0.25, -0.2) is 4.79 Å². The number of fused-ring (bicyclic) bond motifs is 1. The Morgan fingerprint density at radius 2 is 2.22 bits per heavy atom. The highest BCUT2D eigenvalue weighted by Crippen LogP contribution is 2.25. The molecule has 0 spiro atoms. The molecule has 18 heavy (non-hydrogen) atoms. The van der Waals surface area contributed by atoms with Gasteiger partial charge in [-0.2, -0.15) is 0 Å². The number of carbonyl (C=O) groups excluding carboxylic acids is 1. The number of esters is 1. The van der Waals surface area contributed by atoms with Crippen LogP contribution in [0.4, 0.5) is 11.4 Å². The third-order valence-corrected chi connectivity index (χ3v) is 2.73. The molecular formula is C13H15N3O2. The van der Waals surface area contributed by atoms with Crippen molar-refractivity contribution in [3.8, 4) is 0 Å². The van der Waals surface area contributed by atoms with Gasteiger partial charge in [-0.1, -0.05) is 12.1 Å². The number of ether oxygens (including phenoxy) is 1. The van der Waals surface area contributed by atoms with Gasteiger partial charge in [0, 0.05) is 17.3 Å². The Morgan fingerprint density at radius 1 is 1.44 bits per heavy atom. The van der Waals surface area contributed by atoms with Crippen LogP contribution in [0.5, 0.6) is 0 Å². The fourth-order valence-electron chi connectivity index (χ4n) is 1.79. The molecule has 1 heterocycles. The lowest BCUT2D eigenvalue weighted by Gasteiger charge is -2.14. The van der Waals surface area contributed by atoms with Crippen molar-refractivity contribution in [2.24, 2.45) is 0 Å². The van der Waals surface area contributed by atoms with Gasteiger partial charge >= 0.3 is 5.97 Å². The predicted octanol–water partition coefficient (Wildman–Crippen LogP) is 1.79. The first-order valence-electron chi connectivity index (χ1n) is 5.61. The van der Waals surface area contributed by atoms with Crippen LogP contribution in [0.15, 0.2) is 30.5 Å². The van der Waals surface area contributed by atoms with Gasteiger partial charge in [-0.3, -0.25) is 4.98 Å². The fraction of sp³-hybridized carbons (Fsp3) is 0.231. The number of aromatic nitrogens is 1. The first kappa shape index (κ1) is 12.2. The summed E-state index contributed by atoms with van der Waals surface area (Å²) in [5, 5.41) is 3.98. The highest BCUT2D eigenvalue weighted by Gasteiger charge is 2.14. The van der Waals surface area contributed by atoms with E-state index in [0.717, 1.165) is 16.6 Å². The van der Waals surface area contributed by atoms with Crippen LogP contribution in [-0.4, -0.2) is 24.1 Å². The second-order valence-corrected chi connectivity index (χ2v) is 3.99. The van der Waals surface area contributed by atoms with E-state index in [1.165, 1.54) is 7.11 Å². The minimum atomic E-state index is -0.429. The van der Waals surface area contributed by atoms with Gasteiger partial charge in [0.15, 0.2) is 0 Å². The van der Waals surface area contributed by atoms with Gasteiger partial charge < -0.3 is 15.8 Å². The van der Waals surface area contributed by atoms with Crippen molar-refractivity contribution in [1.82, 2.24) is 4.98 Å². The minimum absolute atomic E-state index is 0.316. The predicted molar refractivity (Wildman–Crippen MR) is 71.3 cm³/mol. The maximum atomic E-state index is 11.4. The number of hydrogen-bond donors (Lipinski definition) is 2. The average Bonchev–Trinajstić information content (AvgIpc) is 2.39. The fourth-order valence-corrected chi connectivity index (χ4v) is 1.79. The summed E-state index contributed by atoms with van der Waals surface area (Å²) >= 11 is 0. The SMILES string of the molecule is COC(=O)C(C)Nc1ccnc2c(N)cccc12. The van der Waals surface area contributed by atoms with Crippen LogP contribution in [0.1, 0.15) is 6.92 Å². The smallest absolute Gasteiger partial charge is 0.327 e. The van der Waals surface area contributed by atoms with Crippen molar-refractivity contribution in [2.45, 2.75) is 13.0 Å². The number of nitrogens with zero attached hydrogens (tertiary/aromatic N) is 1. The topological polar surface area (TPSA) is 77.2 Å². The van der Waals surface area contributed by atoms with Crippen LogP contribution in [0, 0.1) is 0 Å². The zero-order valence-corrected chi connectivity index (χ0v) is 10.3. The zero-order valence-electron chi connectivity index (χ0n) is 10.3. The Hall–Kier alpha value is -2.30. The molecule has 1 unspecified atom stereocenters. The van der Waals surface area contributed by atoms with E-state index in [2.05, 4.69) is 15.0 Å². The number of pyridine rings is 1. The van der Waals surface area contributed by atoms with E-state index in [9.17, 15) is 4.79 Å². The van der Waals surface area contributed by atoms with Crippen molar-refractivity contribution in [1.29, 1.82) is 0 Å². The summed E-state index contributed by atoms with van der Waals surface area (Å²) in [4.78, 5) is 15.6. The summed E-state index contributed by atoms with van der Waals surface area (Å²) in [5.74, 6) is -0.316. The molecule has 0 fully saturated rings. The second kappa shape index (κ2) is 4.91. The van der Waals surface area contributed by atoms with Crippen molar-refractivity contribution in [2.75, 3.05) is 18.2 Å². The Morgan fingerprint density at radius 3 is 2.94 bits per heavy atom. The number of nitrogens with one attached hydrogen (secondary N) is 1. The first-order chi connectivity index (χ1) is 8.63. The molecule has 1 atom stereocenters. The van der Waals surface area contributed by atoms with E-state index in [1.54, 1.807) is 25.3 Å². The Kier molecular flexibility index (Phi) is 3.32. The molecule has 0 saturated carbocycles. The molecule has 0 aliphatic heterocycles. The number of para-hydroxylation sites is 1. The van der Waals surface area contributed by atoms with Crippen molar-refractivity contribution >= 4 is 28.2 Å². The quantitative estimate of drug-likeness (QED) is 0.636. The molecule has 94 valence electrons. The summed E-state index contributed by atoms with van der Waals surface area (Å²) < 4.78 is 4.68. The molecule has 5 heteroatoms. The third kappa shape index (κ3) is 2.20. The Bertz CT molecular complexity index is 583. The maximum absolute atomic E-state index is 11.4. The van der Waals surface area contributed by atoms with E-state index < -0.39 is 6.04 Å². The summed E-state index contributed by atoms with van der Waals surface area (Å²) in [6.07, 6.45) is 1.66. The molecule has 5 nitrogen and oxygen atoms in total. The zero-order chi connectivity index (χ0) is 13.1. The molecule has 1 aromatic carbocycles. The summed E-state index contributed by atoms with van der Waals surface area (Å²) in [6, 6.07) is 6.93. The molecule has 2 aromatic rings. The lowest BCUT2D eigenvalue weighted by Crippen LogP contribution is -2.27. The number of rotatable bonds is 3. The third-order valence-electron chi connectivity index (χ3n) is 2.73. The van der Waals surface area contributed by atoms with Crippen molar-refractivity contribution in [3.05, 3.63) is 30.5 Å². The second-order valence-electron chi connectivity index (χ2n) is 3.99. The summed E-state index contributed by atoms with van der Waals surface area (Å²) in [6.45, 7) is 1.74. The van der Waals surface area contributed by atoms with Gasteiger partial charge in [0.25, 0.3) is 0 Å². The summed E-state index contributed by atoms with van der Waals surface area (Å²) in [5.41, 5.74) is 8.01. The molecule has 2 rings (SSSR count). The molecule has 0 bridgehead atoms. The molecule has 1 aromatic heterocycles. The highest BCUT2D eigenvalue weighted by atomic mass is 16.5. The van der Waals surface area contributed by atoms with Gasteiger partial charge in [-0.15, -0.1) is 0 Å². The number of carbonyl (C=O) groups is 1. The monoisotopic (exact) mass is 245 g/mol. The number of anilines is 2. The van der Waals surface area contributed by atoms with Gasteiger partial charge in [0.05, 0.1) is 18.3 Å². The van der Waals surface area contributed by atoms with Crippen LogP contribution in [0.3, 0.4) is 0 Å². The molecule has 0 radical (unpaired) electrons.